The topological polar surface area (TPSA) is 84.4 Å². The quantitative estimate of drug-likeness (QED) is 0.393. The molecule has 0 aliphatic carbocycles. The number of thiazole rings is 1. The average molecular weight is 294 g/mol. The van der Waals surface area contributed by atoms with Gasteiger partial charge in [-0.2, -0.15) is 0 Å². The zero-order valence-electron chi connectivity index (χ0n) is 10.8. The molecule has 2 heterocycles. The van der Waals surface area contributed by atoms with Gasteiger partial charge < -0.3 is 10.9 Å². The second kappa shape index (κ2) is 5.58. The predicted octanol–water partition coefficient (Wildman–Crippen LogP) is 2.71. The van der Waals surface area contributed by atoms with Gasteiger partial charge >= 0.3 is 0 Å². The molecule has 0 radical (unpaired) electrons. The Morgan fingerprint density at radius 1 is 1.32 bits per heavy atom. The number of hydrogen-bond donors (Lipinski definition) is 2. The van der Waals surface area contributed by atoms with Crippen LogP contribution >= 0.6 is 23.1 Å². The molecule has 0 spiro atoms. The van der Waals surface area contributed by atoms with E-state index in [1.807, 2.05) is 32.2 Å². The number of nitrogens with zero attached hydrogens (tertiary/aromatic N) is 3. The Labute approximate surface area is 119 Å². The molecule has 7 heteroatoms. The summed E-state index contributed by atoms with van der Waals surface area (Å²) in [4.78, 5) is 8.86. The van der Waals surface area contributed by atoms with Gasteiger partial charge in [0, 0.05) is 16.8 Å². The molecular weight excluding hydrogens is 280 g/mol. The van der Waals surface area contributed by atoms with Crippen LogP contribution in [-0.4, -0.2) is 21.0 Å². The number of oxime groups is 1. The van der Waals surface area contributed by atoms with E-state index in [0.29, 0.717) is 10.6 Å². The maximum absolute atomic E-state index is 8.89. The number of pyridine rings is 1. The van der Waals surface area contributed by atoms with E-state index >= 15 is 0 Å². The molecule has 0 fully saturated rings. The van der Waals surface area contributed by atoms with Gasteiger partial charge in [0.15, 0.2) is 10.2 Å². The van der Waals surface area contributed by atoms with Crippen molar-refractivity contribution in [3.63, 3.8) is 0 Å². The van der Waals surface area contributed by atoms with Crippen LogP contribution in [0.4, 0.5) is 0 Å². The van der Waals surface area contributed by atoms with Crippen LogP contribution in [0.15, 0.2) is 26.0 Å². The van der Waals surface area contributed by atoms with Crippen molar-refractivity contribution in [2.45, 2.75) is 30.1 Å². The van der Waals surface area contributed by atoms with E-state index in [1.54, 1.807) is 11.3 Å². The summed E-state index contributed by atoms with van der Waals surface area (Å²) in [6.45, 7) is 5.78. The average Bonchev–Trinajstić information content (AvgIpc) is 2.73. The lowest BCUT2D eigenvalue weighted by Gasteiger charge is -2.10. The molecule has 0 saturated heterocycles. The lowest BCUT2D eigenvalue weighted by molar-refractivity contribution is 0.318. The Hall–Kier alpha value is -1.60. The van der Waals surface area contributed by atoms with Crippen LogP contribution in [0.3, 0.4) is 0 Å². The van der Waals surface area contributed by atoms with Crippen molar-refractivity contribution in [3.05, 3.63) is 34.0 Å². The van der Waals surface area contributed by atoms with Crippen LogP contribution in [0.25, 0.3) is 0 Å². The van der Waals surface area contributed by atoms with E-state index in [0.717, 1.165) is 21.3 Å². The van der Waals surface area contributed by atoms with E-state index in [4.69, 9.17) is 10.9 Å². The third kappa shape index (κ3) is 3.05. The second-order valence-corrected chi connectivity index (χ2v) is 6.20. The van der Waals surface area contributed by atoms with Gasteiger partial charge in [0.05, 0.1) is 5.56 Å². The first-order valence-electron chi connectivity index (χ1n) is 5.57. The van der Waals surface area contributed by atoms with Crippen molar-refractivity contribution in [2.75, 3.05) is 0 Å². The minimum absolute atomic E-state index is 0.0702. The van der Waals surface area contributed by atoms with Crippen LogP contribution in [0.5, 0.6) is 0 Å². The zero-order chi connectivity index (χ0) is 14.0. The maximum Gasteiger partial charge on any atom is 0.173 e. The van der Waals surface area contributed by atoms with Gasteiger partial charge in [-0.1, -0.05) is 5.16 Å². The van der Waals surface area contributed by atoms with E-state index in [-0.39, 0.29) is 5.84 Å². The molecule has 0 amide bonds. The Morgan fingerprint density at radius 2 is 2.05 bits per heavy atom. The van der Waals surface area contributed by atoms with Crippen molar-refractivity contribution < 1.29 is 5.21 Å². The molecular formula is C12H14N4OS2. The van der Waals surface area contributed by atoms with Gasteiger partial charge in [0.25, 0.3) is 0 Å². The summed E-state index contributed by atoms with van der Waals surface area (Å²) in [7, 11) is 0. The Balaban J connectivity index is 2.48. The molecule has 2 aromatic heterocycles. The maximum atomic E-state index is 8.89. The molecule has 0 atom stereocenters. The summed E-state index contributed by atoms with van der Waals surface area (Å²) in [5, 5.41) is 14.7. The first-order valence-corrected chi connectivity index (χ1v) is 7.27. The van der Waals surface area contributed by atoms with Crippen LogP contribution in [0.1, 0.15) is 22.5 Å². The highest BCUT2D eigenvalue weighted by Crippen LogP contribution is 2.32. The molecule has 0 aliphatic rings. The highest BCUT2D eigenvalue weighted by Gasteiger charge is 2.15. The second-order valence-electron chi connectivity index (χ2n) is 4.10. The van der Waals surface area contributed by atoms with E-state index < -0.39 is 0 Å². The molecule has 2 aromatic rings. The fourth-order valence-corrected chi connectivity index (χ4v) is 3.71. The van der Waals surface area contributed by atoms with E-state index in [1.165, 1.54) is 11.8 Å². The smallest absolute Gasteiger partial charge is 0.173 e. The SMILES string of the molecule is Cc1csc(Sc2nc(C)cc(C)c2/C(N)=N/O)n1. The summed E-state index contributed by atoms with van der Waals surface area (Å²) in [5.74, 6) is 0.0702. The molecule has 3 N–H and O–H groups in total. The monoisotopic (exact) mass is 294 g/mol. The molecule has 5 nitrogen and oxygen atoms in total. The first-order chi connectivity index (χ1) is 9.01. The largest absolute Gasteiger partial charge is 0.409 e. The molecule has 0 saturated carbocycles. The molecule has 0 aliphatic heterocycles. The number of amidine groups is 1. The minimum Gasteiger partial charge on any atom is -0.409 e. The Bertz CT molecular complexity index is 637. The van der Waals surface area contributed by atoms with Crippen LogP contribution in [0.2, 0.25) is 0 Å². The molecule has 0 bridgehead atoms. The van der Waals surface area contributed by atoms with Gasteiger partial charge in [0.2, 0.25) is 0 Å². The first kappa shape index (κ1) is 13.8. The molecule has 19 heavy (non-hydrogen) atoms. The standard InChI is InChI=1S/C12H14N4OS2/c1-6-4-7(2)14-11(9(6)10(13)16-17)19-12-15-8(3)5-18-12/h4-5,17H,1-3H3,(H2,13,16). The summed E-state index contributed by atoms with van der Waals surface area (Å²) < 4.78 is 0.891. The van der Waals surface area contributed by atoms with Gasteiger partial charge in [0.1, 0.15) is 5.03 Å². The van der Waals surface area contributed by atoms with Crippen molar-refractivity contribution in [1.29, 1.82) is 0 Å². The number of hydrogen-bond acceptors (Lipinski definition) is 6. The van der Waals surface area contributed by atoms with Crippen LogP contribution < -0.4 is 5.73 Å². The highest BCUT2D eigenvalue weighted by atomic mass is 32.2. The fraction of sp³-hybridized carbons (Fsp3) is 0.250. The van der Waals surface area contributed by atoms with Crippen LogP contribution in [-0.2, 0) is 0 Å². The molecule has 0 aromatic carbocycles. The van der Waals surface area contributed by atoms with Crippen LogP contribution in [0, 0.1) is 20.8 Å². The third-order valence-corrected chi connectivity index (χ3v) is 4.50. The van der Waals surface area contributed by atoms with Gasteiger partial charge in [-0.25, -0.2) is 9.97 Å². The Morgan fingerprint density at radius 3 is 2.63 bits per heavy atom. The predicted molar refractivity (Wildman–Crippen MR) is 77.2 cm³/mol. The summed E-state index contributed by atoms with van der Waals surface area (Å²) in [6.07, 6.45) is 0. The number of nitrogens with two attached hydrogens (primary N) is 1. The molecule has 2 rings (SSSR count). The van der Waals surface area contributed by atoms with E-state index in [2.05, 4.69) is 15.1 Å². The van der Waals surface area contributed by atoms with Crippen molar-refractivity contribution in [2.24, 2.45) is 10.9 Å². The normalized spacial score (nSPS) is 11.8. The van der Waals surface area contributed by atoms with Gasteiger partial charge in [-0.05, 0) is 44.2 Å². The third-order valence-electron chi connectivity index (χ3n) is 2.46. The van der Waals surface area contributed by atoms with Crippen molar-refractivity contribution in [1.82, 2.24) is 9.97 Å². The summed E-state index contributed by atoms with van der Waals surface area (Å²) >= 11 is 2.98. The van der Waals surface area contributed by atoms with Gasteiger partial charge in [-0.15, -0.1) is 11.3 Å². The molecule has 0 unspecified atom stereocenters. The number of aryl methyl sites for hydroxylation is 3. The summed E-state index contributed by atoms with van der Waals surface area (Å²) in [5.41, 5.74) is 9.19. The summed E-state index contributed by atoms with van der Waals surface area (Å²) in [6, 6.07) is 1.91. The lowest BCUT2D eigenvalue weighted by atomic mass is 10.1. The van der Waals surface area contributed by atoms with E-state index in [9.17, 15) is 0 Å². The highest BCUT2D eigenvalue weighted by molar-refractivity contribution is 8.01. The minimum atomic E-state index is 0.0702. The number of aromatic nitrogens is 2. The molecule has 100 valence electrons. The number of rotatable bonds is 3. The zero-order valence-corrected chi connectivity index (χ0v) is 12.5. The van der Waals surface area contributed by atoms with Crippen molar-refractivity contribution in [3.8, 4) is 0 Å². The van der Waals surface area contributed by atoms with Gasteiger partial charge in [-0.3, -0.25) is 0 Å². The fourth-order valence-electron chi connectivity index (χ4n) is 1.70. The van der Waals surface area contributed by atoms with Crippen molar-refractivity contribution >= 4 is 28.9 Å². The Kier molecular flexibility index (Phi) is 4.06. The lowest BCUT2D eigenvalue weighted by Crippen LogP contribution is -2.17.